The largest absolute Gasteiger partial charge is 2.00 e. The van der Waals surface area contributed by atoms with Gasteiger partial charge in [-0.15, -0.1) is 0 Å². The molecule has 0 N–H and O–H groups in total. The summed E-state index contributed by atoms with van der Waals surface area (Å²) >= 11 is 0. The maximum Gasteiger partial charge on any atom is 2.00 e. The summed E-state index contributed by atoms with van der Waals surface area (Å²) in [5.41, 5.74) is 0. The van der Waals surface area contributed by atoms with Crippen molar-refractivity contribution in [1.82, 2.24) is 9.80 Å². The van der Waals surface area contributed by atoms with E-state index in [0.29, 0.717) is 0 Å². The fraction of sp³-hybridized carbons (Fsp3) is 0.867. The van der Waals surface area contributed by atoms with E-state index >= 15 is 0 Å². The molecule has 3 heteroatoms. The summed E-state index contributed by atoms with van der Waals surface area (Å²) in [4.78, 5) is 4.79. The van der Waals surface area contributed by atoms with Crippen LogP contribution in [0.3, 0.4) is 0 Å². The first-order valence-electron chi connectivity index (χ1n) is 7.23. The second-order valence-corrected chi connectivity index (χ2v) is 4.17. The Morgan fingerprint density at radius 3 is 1.28 bits per heavy atom. The van der Waals surface area contributed by atoms with Gasteiger partial charge in [-0.25, -0.2) is 0 Å². The number of hydrogen-bond acceptors (Lipinski definition) is 2. The van der Waals surface area contributed by atoms with Gasteiger partial charge in [0, 0.05) is 0 Å². The minimum absolute atomic E-state index is 0. The predicted octanol–water partition coefficient (Wildman–Crippen LogP) is 3.49. The van der Waals surface area contributed by atoms with Gasteiger partial charge in [-0.05, 0) is 45.7 Å². The third-order valence-electron chi connectivity index (χ3n) is 2.83. The normalized spacial score (nSPS) is 10.0. The van der Waals surface area contributed by atoms with E-state index < -0.39 is 0 Å². The molecule has 0 saturated carbocycles. The van der Waals surface area contributed by atoms with Crippen molar-refractivity contribution in [3.63, 3.8) is 0 Å². The molecule has 106 valence electrons. The molecule has 0 aliphatic heterocycles. The molecule has 0 bridgehead atoms. The molecule has 0 unspecified atom stereocenters. The van der Waals surface area contributed by atoms with Gasteiger partial charge >= 0.3 is 19.5 Å². The van der Waals surface area contributed by atoms with Gasteiger partial charge in [-0.2, -0.15) is 12.8 Å². The average molecular weight is 308 g/mol. The van der Waals surface area contributed by atoms with E-state index in [2.05, 4.69) is 51.3 Å². The quantitative estimate of drug-likeness (QED) is 0.475. The van der Waals surface area contributed by atoms with Crippen molar-refractivity contribution in [3.8, 4) is 0 Å². The summed E-state index contributed by atoms with van der Waals surface area (Å²) in [5.74, 6) is 0. The van der Waals surface area contributed by atoms with Gasteiger partial charge in [0.1, 0.15) is 0 Å². The fourth-order valence-corrected chi connectivity index (χ4v) is 1.73. The minimum Gasteiger partial charge on any atom is -0.342 e. The fourth-order valence-electron chi connectivity index (χ4n) is 1.73. The van der Waals surface area contributed by atoms with Gasteiger partial charge in [0.05, 0.1) is 0 Å². The van der Waals surface area contributed by atoms with E-state index in [1.165, 1.54) is 19.5 Å². The molecular formula is C15H34N2Zn. The van der Waals surface area contributed by atoms with Crippen molar-refractivity contribution >= 4 is 0 Å². The van der Waals surface area contributed by atoms with Crippen molar-refractivity contribution in [2.75, 3.05) is 39.3 Å². The van der Waals surface area contributed by atoms with Crippen molar-refractivity contribution in [3.05, 3.63) is 13.8 Å². The molecule has 0 aromatic carbocycles. The smallest absolute Gasteiger partial charge is 0.342 e. The van der Waals surface area contributed by atoms with Gasteiger partial charge in [0.25, 0.3) is 0 Å². The zero-order valence-electron chi connectivity index (χ0n) is 13.4. The van der Waals surface area contributed by atoms with Crippen LogP contribution in [0.5, 0.6) is 0 Å². The summed E-state index contributed by atoms with van der Waals surface area (Å²) in [6, 6.07) is 0. The van der Waals surface area contributed by atoms with Crippen LogP contribution in [0, 0.1) is 13.8 Å². The van der Waals surface area contributed by atoms with E-state index in [1.54, 1.807) is 0 Å². The molecule has 0 saturated heterocycles. The number of nitrogens with zero attached hydrogens (tertiary/aromatic N) is 2. The summed E-state index contributed by atoms with van der Waals surface area (Å²) < 4.78 is 0. The SMILES string of the molecule is [CH2-]CCN(CC)CC.[CH2-]CCN(CC)CCC.[Zn+2]. The first-order valence-corrected chi connectivity index (χ1v) is 7.23. The first-order chi connectivity index (χ1) is 8.19. The van der Waals surface area contributed by atoms with E-state index in [1.807, 2.05) is 0 Å². The Bertz CT molecular complexity index is 122. The molecular weight excluding hydrogens is 274 g/mol. The van der Waals surface area contributed by atoms with Crippen LogP contribution >= 0.6 is 0 Å². The van der Waals surface area contributed by atoms with Gasteiger partial charge in [-0.3, -0.25) is 0 Å². The maximum atomic E-state index is 3.81. The van der Waals surface area contributed by atoms with Gasteiger partial charge in [-0.1, -0.05) is 27.7 Å². The maximum absolute atomic E-state index is 3.81. The zero-order valence-corrected chi connectivity index (χ0v) is 16.3. The third kappa shape index (κ3) is 16.5. The molecule has 0 aromatic rings. The second-order valence-electron chi connectivity index (χ2n) is 4.17. The Balaban J connectivity index is -0.000000238. The van der Waals surface area contributed by atoms with Gasteiger partial charge in [0.2, 0.25) is 0 Å². The Hall–Kier alpha value is 0.543. The standard InChI is InChI=1S/C8H18N.C7H16N.Zn/c1-4-7-9(6-3)8-5-2;1-4-7-8(5-2)6-3;/h1,4-8H2,2-3H3;1,4-7H2,2-3H3;/q2*-1;+2. The van der Waals surface area contributed by atoms with Crippen LogP contribution in [0.15, 0.2) is 0 Å². The summed E-state index contributed by atoms with van der Waals surface area (Å²) in [7, 11) is 0. The van der Waals surface area contributed by atoms with Crippen molar-refractivity contribution in [2.24, 2.45) is 0 Å². The van der Waals surface area contributed by atoms with Crippen LogP contribution in [0.4, 0.5) is 0 Å². The molecule has 0 atom stereocenters. The molecule has 0 spiro atoms. The summed E-state index contributed by atoms with van der Waals surface area (Å²) in [6.45, 7) is 23.4. The molecule has 0 aromatic heterocycles. The summed E-state index contributed by atoms with van der Waals surface area (Å²) in [5, 5.41) is 0. The van der Waals surface area contributed by atoms with Crippen LogP contribution in [0.1, 0.15) is 47.0 Å². The number of hydrogen-bond donors (Lipinski definition) is 0. The monoisotopic (exact) mass is 306 g/mol. The molecule has 18 heavy (non-hydrogen) atoms. The molecule has 0 heterocycles. The van der Waals surface area contributed by atoms with Crippen LogP contribution in [0.2, 0.25) is 0 Å². The van der Waals surface area contributed by atoms with Gasteiger partial charge in [0.15, 0.2) is 0 Å². The predicted molar refractivity (Wildman–Crippen MR) is 80.1 cm³/mol. The van der Waals surface area contributed by atoms with E-state index in [-0.39, 0.29) is 19.5 Å². The van der Waals surface area contributed by atoms with E-state index in [9.17, 15) is 0 Å². The van der Waals surface area contributed by atoms with E-state index in [0.717, 1.165) is 39.0 Å². The van der Waals surface area contributed by atoms with Crippen LogP contribution < -0.4 is 0 Å². The second kappa shape index (κ2) is 19.9. The molecule has 0 amide bonds. The Morgan fingerprint density at radius 2 is 1.06 bits per heavy atom. The Kier molecular flexibility index (Phi) is 26.1. The van der Waals surface area contributed by atoms with E-state index in [4.69, 9.17) is 0 Å². The van der Waals surface area contributed by atoms with Crippen LogP contribution in [-0.4, -0.2) is 49.1 Å². The Morgan fingerprint density at radius 1 is 0.667 bits per heavy atom. The molecule has 0 rings (SSSR count). The minimum atomic E-state index is 0. The Labute approximate surface area is 129 Å². The molecule has 0 aliphatic carbocycles. The zero-order chi connectivity index (χ0) is 13.5. The van der Waals surface area contributed by atoms with Crippen molar-refractivity contribution < 1.29 is 19.5 Å². The third-order valence-corrected chi connectivity index (χ3v) is 2.83. The average Bonchev–Trinajstić information content (AvgIpc) is 2.36. The van der Waals surface area contributed by atoms with Crippen molar-refractivity contribution in [2.45, 2.75) is 47.0 Å². The van der Waals surface area contributed by atoms with Crippen molar-refractivity contribution in [1.29, 1.82) is 0 Å². The first kappa shape index (κ1) is 23.6. The van der Waals surface area contributed by atoms with Gasteiger partial charge < -0.3 is 23.6 Å². The topological polar surface area (TPSA) is 6.48 Å². The molecule has 0 aliphatic rings. The molecule has 2 nitrogen and oxygen atoms in total. The molecule has 0 radical (unpaired) electrons. The molecule has 0 fully saturated rings. The number of rotatable bonds is 9. The summed E-state index contributed by atoms with van der Waals surface area (Å²) in [6.07, 6.45) is 3.32. The van der Waals surface area contributed by atoms with Crippen LogP contribution in [-0.2, 0) is 19.5 Å². The van der Waals surface area contributed by atoms with Crippen LogP contribution in [0.25, 0.3) is 0 Å².